The highest BCUT2D eigenvalue weighted by molar-refractivity contribution is 5.15. The van der Waals surface area contributed by atoms with Crippen LogP contribution in [0.5, 0.6) is 0 Å². The Labute approximate surface area is 96.5 Å². The number of aliphatic hydroxyl groups excluding tert-OH is 1. The van der Waals surface area contributed by atoms with Crippen LogP contribution in [0.3, 0.4) is 0 Å². The monoisotopic (exact) mass is 225 g/mol. The minimum absolute atomic E-state index is 0.107. The maximum Gasteiger partial charge on any atom is 0.123 e. The van der Waals surface area contributed by atoms with Gasteiger partial charge in [-0.2, -0.15) is 0 Å². The first-order chi connectivity index (χ1) is 7.67. The molecule has 90 valence electrons. The van der Waals surface area contributed by atoms with E-state index in [1.165, 1.54) is 12.1 Å². The van der Waals surface area contributed by atoms with Gasteiger partial charge in [0.1, 0.15) is 5.82 Å². The molecule has 0 spiro atoms. The molecule has 16 heavy (non-hydrogen) atoms. The van der Waals surface area contributed by atoms with Gasteiger partial charge in [0.15, 0.2) is 0 Å². The summed E-state index contributed by atoms with van der Waals surface area (Å²) in [6, 6.07) is 6.53. The summed E-state index contributed by atoms with van der Waals surface area (Å²) >= 11 is 0. The lowest BCUT2D eigenvalue weighted by atomic mass is 10.00. The Morgan fingerprint density at radius 1 is 1.31 bits per heavy atom. The fourth-order valence-corrected chi connectivity index (χ4v) is 1.58. The fourth-order valence-electron chi connectivity index (χ4n) is 1.58. The van der Waals surface area contributed by atoms with Crippen molar-refractivity contribution in [1.82, 2.24) is 5.32 Å². The Morgan fingerprint density at radius 3 is 2.44 bits per heavy atom. The van der Waals surface area contributed by atoms with Gasteiger partial charge in [-0.1, -0.05) is 32.4 Å². The van der Waals surface area contributed by atoms with Gasteiger partial charge >= 0.3 is 0 Å². The molecule has 3 heteroatoms. The van der Waals surface area contributed by atoms with E-state index in [0.29, 0.717) is 12.5 Å². The van der Waals surface area contributed by atoms with Crippen LogP contribution in [0.2, 0.25) is 0 Å². The molecule has 1 aromatic carbocycles. The molecule has 2 N–H and O–H groups in total. The Kier molecular flexibility index (Phi) is 5.43. The molecule has 2 nitrogen and oxygen atoms in total. The Balaban J connectivity index is 2.46. The highest BCUT2D eigenvalue weighted by Gasteiger charge is 2.13. The van der Waals surface area contributed by atoms with Crippen LogP contribution in [0, 0.1) is 11.7 Å². The molecule has 0 fully saturated rings. The van der Waals surface area contributed by atoms with Crippen LogP contribution in [-0.2, 0) is 6.54 Å². The van der Waals surface area contributed by atoms with Crippen molar-refractivity contribution in [2.45, 2.75) is 32.9 Å². The first-order valence-corrected chi connectivity index (χ1v) is 5.76. The lowest BCUT2D eigenvalue weighted by Crippen LogP contribution is -2.37. The molecule has 0 bridgehead atoms. The van der Waals surface area contributed by atoms with Crippen LogP contribution in [0.4, 0.5) is 4.39 Å². The molecule has 0 radical (unpaired) electrons. The summed E-state index contributed by atoms with van der Waals surface area (Å²) in [5.74, 6) is 0.217. The maximum atomic E-state index is 12.7. The number of aliphatic hydroxyl groups is 1. The molecule has 0 aromatic heterocycles. The molecule has 0 saturated heterocycles. The Bertz CT molecular complexity index is 299. The molecule has 0 amide bonds. The maximum absolute atomic E-state index is 12.7. The van der Waals surface area contributed by atoms with Gasteiger partial charge in [-0.25, -0.2) is 4.39 Å². The second-order valence-electron chi connectivity index (χ2n) is 4.18. The number of nitrogens with one attached hydrogen (secondary N) is 1. The molecule has 0 aliphatic rings. The van der Waals surface area contributed by atoms with E-state index in [9.17, 15) is 9.50 Å². The zero-order chi connectivity index (χ0) is 12.0. The van der Waals surface area contributed by atoms with Crippen LogP contribution in [0.25, 0.3) is 0 Å². The summed E-state index contributed by atoms with van der Waals surface area (Å²) in [5.41, 5.74) is 1.03. The topological polar surface area (TPSA) is 32.3 Å². The number of hydrogen-bond donors (Lipinski definition) is 2. The first-order valence-electron chi connectivity index (χ1n) is 5.76. The van der Waals surface area contributed by atoms with E-state index < -0.39 is 0 Å². The average molecular weight is 225 g/mol. The summed E-state index contributed by atoms with van der Waals surface area (Å²) in [6.45, 7) is 5.01. The summed E-state index contributed by atoms with van der Waals surface area (Å²) in [5, 5.41) is 12.5. The molecule has 0 aliphatic heterocycles. The molecular formula is C13H20FNO. The zero-order valence-corrected chi connectivity index (χ0v) is 9.91. The van der Waals surface area contributed by atoms with Crippen molar-refractivity contribution in [3.05, 3.63) is 35.6 Å². The Morgan fingerprint density at radius 2 is 1.94 bits per heavy atom. The van der Waals surface area contributed by atoms with E-state index in [-0.39, 0.29) is 18.5 Å². The summed E-state index contributed by atoms with van der Waals surface area (Å²) in [4.78, 5) is 0. The highest BCUT2D eigenvalue weighted by Crippen LogP contribution is 2.09. The number of hydrogen-bond acceptors (Lipinski definition) is 2. The third kappa shape index (κ3) is 3.91. The van der Waals surface area contributed by atoms with Crippen LogP contribution < -0.4 is 5.32 Å². The molecule has 1 aromatic rings. The van der Waals surface area contributed by atoms with Crippen molar-refractivity contribution in [2.75, 3.05) is 6.61 Å². The van der Waals surface area contributed by atoms with E-state index in [0.717, 1.165) is 12.0 Å². The second kappa shape index (κ2) is 6.61. The highest BCUT2D eigenvalue weighted by atomic mass is 19.1. The molecule has 0 saturated carbocycles. The van der Waals surface area contributed by atoms with Gasteiger partial charge in [-0.3, -0.25) is 0 Å². The van der Waals surface area contributed by atoms with Crippen molar-refractivity contribution < 1.29 is 9.50 Å². The lowest BCUT2D eigenvalue weighted by molar-refractivity contribution is 0.201. The molecular weight excluding hydrogens is 205 g/mol. The van der Waals surface area contributed by atoms with E-state index >= 15 is 0 Å². The van der Waals surface area contributed by atoms with E-state index in [1.807, 2.05) is 0 Å². The average Bonchev–Trinajstić information content (AvgIpc) is 2.31. The number of halogens is 1. The minimum atomic E-state index is -0.218. The van der Waals surface area contributed by atoms with Crippen LogP contribution >= 0.6 is 0 Å². The lowest BCUT2D eigenvalue weighted by Gasteiger charge is -2.22. The van der Waals surface area contributed by atoms with Gasteiger partial charge in [0, 0.05) is 12.6 Å². The van der Waals surface area contributed by atoms with Gasteiger partial charge in [-0.05, 0) is 23.6 Å². The Hall–Kier alpha value is -0.930. The third-order valence-electron chi connectivity index (χ3n) is 3.01. The molecule has 0 aliphatic carbocycles. The molecule has 1 rings (SSSR count). The fraction of sp³-hybridized carbons (Fsp3) is 0.538. The first kappa shape index (κ1) is 13.1. The van der Waals surface area contributed by atoms with Crippen molar-refractivity contribution in [1.29, 1.82) is 0 Å². The predicted molar refractivity (Wildman–Crippen MR) is 63.6 cm³/mol. The van der Waals surface area contributed by atoms with Gasteiger partial charge in [0.2, 0.25) is 0 Å². The van der Waals surface area contributed by atoms with E-state index in [1.54, 1.807) is 12.1 Å². The van der Waals surface area contributed by atoms with Crippen LogP contribution in [-0.4, -0.2) is 17.8 Å². The van der Waals surface area contributed by atoms with Gasteiger partial charge in [-0.15, -0.1) is 0 Å². The summed E-state index contributed by atoms with van der Waals surface area (Å²) in [6.07, 6.45) is 1.03. The number of benzene rings is 1. The predicted octanol–water partition coefficient (Wildman–Crippen LogP) is 2.32. The van der Waals surface area contributed by atoms with Crippen molar-refractivity contribution in [3.63, 3.8) is 0 Å². The normalized spacial score (nSPS) is 14.8. The SMILES string of the molecule is CCC(C)C(CO)NCc1ccc(F)cc1. The summed E-state index contributed by atoms with van der Waals surface area (Å²) < 4.78 is 12.7. The van der Waals surface area contributed by atoms with Gasteiger partial charge < -0.3 is 10.4 Å². The van der Waals surface area contributed by atoms with Crippen molar-refractivity contribution in [3.8, 4) is 0 Å². The largest absolute Gasteiger partial charge is 0.395 e. The van der Waals surface area contributed by atoms with Crippen LogP contribution in [0.15, 0.2) is 24.3 Å². The van der Waals surface area contributed by atoms with Gasteiger partial charge in [0.25, 0.3) is 0 Å². The smallest absolute Gasteiger partial charge is 0.123 e. The molecule has 0 heterocycles. The summed E-state index contributed by atoms with van der Waals surface area (Å²) in [7, 11) is 0. The third-order valence-corrected chi connectivity index (χ3v) is 3.01. The minimum Gasteiger partial charge on any atom is -0.395 e. The van der Waals surface area contributed by atoms with Crippen molar-refractivity contribution in [2.24, 2.45) is 5.92 Å². The molecule has 2 unspecified atom stereocenters. The standard InChI is InChI=1S/C13H20FNO/c1-3-10(2)13(9-16)15-8-11-4-6-12(14)7-5-11/h4-7,10,13,15-16H,3,8-9H2,1-2H3. The second-order valence-corrected chi connectivity index (χ2v) is 4.18. The number of rotatable bonds is 6. The van der Waals surface area contributed by atoms with Crippen LogP contribution in [0.1, 0.15) is 25.8 Å². The van der Waals surface area contributed by atoms with Crippen molar-refractivity contribution >= 4 is 0 Å². The van der Waals surface area contributed by atoms with E-state index in [2.05, 4.69) is 19.2 Å². The zero-order valence-electron chi connectivity index (χ0n) is 9.91. The quantitative estimate of drug-likeness (QED) is 0.778. The van der Waals surface area contributed by atoms with Gasteiger partial charge in [0.05, 0.1) is 6.61 Å². The van der Waals surface area contributed by atoms with E-state index in [4.69, 9.17) is 0 Å². The molecule has 2 atom stereocenters.